The molecule has 0 saturated heterocycles. The molecule has 3 rings (SSSR count). The van der Waals surface area contributed by atoms with Gasteiger partial charge in [0.25, 0.3) is 0 Å². The highest BCUT2D eigenvalue weighted by Gasteiger charge is 2.15. The van der Waals surface area contributed by atoms with Crippen LogP contribution in [0.25, 0.3) is 5.69 Å². The minimum absolute atomic E-state index is 0.0148. The van der Waals surface area contributed by atoms with Gasteiger partial charge in [-0.15, -0.1) is 5.10 Å². The van der Waals surface area contributed by atoms with Crippen LogP contribution < -0.4 is 16.2 Å². The average Bonchev–Trinajstić information content (AvgIpc) is 2.89. The summed E-state index contributed by atoms with van der Waals surface area (Å²) in [6.45, 7) is 0. The van der Waals surface area contributed by atoms with Gasteiger partial charge < -0.3 is 16.2 Å². The third kappa shape index (κ3) is 3.69. The van der Waals surface area contributed by atoms with Crippen molar-refractivity contribution in [2.45, 2.75) is 4.90 Å². The van der Waals surface area contributed by atoms with Crippen LogP contribution in [0.1, 0.15) is 0 Å². The van der Waals surface area contributed by atoms with E-state index < -0.39 is 9.84 Å². The Morgan fingerprint density at radius 1 is 1.08 bits per heavy atom. The summed E-state index contributed by atoms with van der Waals surface area (Å²) in [4.78, 5) is 3.98. The van der Waals surface area contributed by atoms with E-state index in [0.29, 0.717) is 11.4 Å². The molecule has 3 aromatic rings. The fourth-order valence-corrected chi connectivity index (χ4v) is 3.35. The second kappa shape index (κ2) is 6.67. The lowest BCUT2D eigenvalue weighted by molar-refractivity contribution is 0.482. The molecular formula is C15H13Cl2N5O3S. The first-order chi connectivity index (χ1) is 12.1. The molecule has 11 heteroatoms. The van der Waals surface area contributed by atoms with Crippen LogP contribution >= 0.6 is 23.2 Å². The van der Waals surface area contributed by atoms with Crippen molar-refractivity contribution in [3.63, 3.8) is 0 Å². The first-order valence-corrected chi connectivity index (χ1v) is 9.75. The van der Waals surface area contributed by atoms with Gasteiger partial charge in [0.2, 0.25) is 11.9 Å². The van der Waals surface area contributed by atoms with Crippen molar-refractivity contribution < 1.29 is 13.2 Å². The van der Waals surface area contributed by atoms with E-state index in [2.05, 4.69) is 10.1 Å². The number of sulfone groups is 1. The van der Waals surface area contributed by atoms with E-state index in [9.17, 15) is 8.42 Å². The van der Waals surface area contributed by atoms with E-state index in [1.54, 1.807) is 0 Å². The molecule has 1 aromatic heterocycles. The largest absolute Gasteiger partial charge is 0.454 e. The van der Waals surface area contributed by atoms with Crippen molar-refractivity contribution in [2.24, 2.45) is 0 Å². The zero-order valence-electron chi connectivity index (χ0n) is 13.3. The van der Waals surface area contributed by atoms with E-state index >= 15 is 0 Å². The van der Waals surface area contributed by atoms with Crippen LogP contribution in [0.4, 0.5) is 11.9 Å². The molecule has 0 unspecified atom stereocenters. The number of aromatic nitrogens is 3. The van der Waals surface area contributed by atoms with Crippen LogP contribution in [-0.2, 0) is 9.84 Å². The Labute approximate surface area is 159 Å². The van der Waals surface area contributed by atoms with Gasteiger partial charge in [0.15, 0.2) is 15.6 Å². The predicted molar refractivity (Wildman–Crippen MR) is 99.8 cm³/mol. The summed E-state index contributed by atoms with van der Waals surface area (Å²) in [5, 5.41) is 4.36. The number of rotatable bonds is 4. The maximum absolute atomic E-state index is 11.5. The van der Waals surface area contributed by atoms with Crippen molar-refractivity contribution >= 4 is 44.9 Å². The van der Waals surface area contributed by atoms with Crippen LogP contribution in [0.5, 0.6) is 11.5 Å². The summed E-state index contributed by atoms with van der Waals surface area (Å²) in [6, 6.07) is 8.95. The van der Waals surface area contributed by atoms with Crippen molar-refractivity contribution in [2.75, 3.05) is 17.7 Å². The fourth-order valence-electron chi connectivity index (χ4n) is 2.17. The number of ether oxygens (including phenoxy) is 1. The van der Waals surface area contributed by atoms with Gasteiger partial charge in [0, 0.05) is 6.26 Å². The van der Waals surface area contributed by atoms with Gasteiger partial charge in [-0.2, -0.15) is 9.67 Å². The first-order valence-electron chi connectivity index (χ1n) is 7.10. The quantitative estimate of drug-likeness (QED) is 0.672. The first kappa shape index (κ1) is 18.3. The molecule has 0 amide bonds. The molecule has 1 heterocycles. The van der Waals surface area contributed by atoms with Gasteiger partial charge in [0.05, 0.1) is 20.6 Å². The number of nitrogens with two attached hydrogens (primary N) is 2. The third-order valence-electron chi connectivity index (χ3n) is 3.35. The third-order valence-corrected chi connectivity index (χ3v) is 5.04. The van der Waals surface area contributed by atoms with Crippen molar-refractivity contribution in [3.8, 4) is 17.2 Å². The molecule has 8 nitrogen and oxygen atoms in total. The van der Waals surface area contributed by atoms with E-state index in [1.165, 1.54) is 41.1 Å². The summed E-state index contributed by atoms with van der Waals surface area (Å²) in [5.74, 6) is 0.676. The Balaban J connectivity index is 1.93. The highest BCUT2D eigenvalue weighted by atomic mass is 35.5. The highest BCUT2D eigenvalue weighted by Crippen LogP contribution is 2.38. The van der Waals surface area contributed by atoms with Crippen LogP contribution in [0.15, 0.2) is 41.3 Å². The van der Waals surface area contributed by atoms with E-state index in [1.807, 2.05) is 0 Å². The number of hydrogen-bond acceptors (Lipinski definition) is 7. The molecule has 0 saturated carbocycles. The molecule has 2 aromatic carbocycles. The molecule has 0 atom stereocenters. The van der Waals surface area contributed by atoms with Gasteiger partial charge in [-0.1, -0.05) is 23.2 Å². The summed E-state index contributed by atoms with van der Waals surface area (Å²) < 4.78 is 30.0. The summed E-state index contributed by atoms with van der Waals surface area (Å²) in [5.41, 5.74) is 11.7. The van der Waals surface area contributed by atoms with E-state index in [0.717, 1.165) is 6.26 Å². The lowest BCUT2D eigenvalue weighted by atomic mass is 10.3. The standard InChI is InChI=1S/C15H13Cl2N5O3S/c1-26(23,24)10-4-2-9(3-5-10)25-13-11(16)6-8(7-12(13)17)22-15(19)20-14(18)21-22/h2-7H,1H3,(H4,18,19,20,21). The molecule has 0 spiro atoms. The molecule has 26 heavy (non-hydrogen) atoms. The maximum atomic E-state index is 11.5. The predicted octanol–water partition coefficient (Wildman–Crippen LogP) is 2.93. The van der Waals surface area contributed by atoms with Crippen molar-refractivity contribution in [1.82, 2.24) is 14.8 Å². The Hall–Kier alpha value is -2.49. The lowest BCUT2D eigenvalue weighted by Crippen LogP contribution is -2.03. The molecule has 136 valence electrons. The monoisotopic (exact) mass is 413 g/mol. The number of nitrogen functional groups attached to an aromatic ring is 2. The Morgan fingerprint density at radius 3 is 2.12 bits per heavy atom. The lowest BCUT2D eigenvalue weighted by Gasteiger charge is -2.12. The molecule has 0 aliphatic carbocycles. The number of nitrogens with zero attached hydrogens (tertiary/aromatic N) is 3. The second-order valence-corrected chi connectivity index (χ2v) is 8.15. The molecule has 0 fully saturated rings. The molecule has 0 radical (unpaired) electrons. The highest BCUT2D eigenvalue weighted by molar-refractivity contribution is 7.90. The van der Waals surface area contributed by atoms with Gasteiger partial charge in [0.1, 0.15) is 5.75 Å². The fraction of sp³-hybridized carbons (Fsp3) is 0.0667. The van der Waals surface area contributed by atoms with E-state index in [4.69, 9.17) is 39.4 Å². The zero-order chi connectivity index (χ0) is 19.1. The molecular weight excluding hydrogens is 401 g/mol. The Kier molecular flexibility index (Phi) is 4.70. The zero-order valence-corrected chi connectivity index (χ0v) is 15.7. The summed E-state index contributed by atoms with van der Waals surface area (Å²) in [6.07, 6.45) is 1.12. The maximum Gasteiger partial charge on any atom is 0.241 e. The van der Waals surface area contributed by atoms with Crippen molar-refractivity contribution in [1.29, 1.82) is 0 Å². The van der Waals surface area contributed by atoms with Crippen LogP contribution in [0, 0.1) is 0 Å². The average molecular weight is 414 g/mol. The van der Waals surface area contributed by atoms with Crippen LogP contribution in [0.2, 0.25) is 10.0 Å². The number of benzene rings is 2. The van der Waals surface area contributed by atoms with E-state index in [-0.39, 0.29) is 32.6 Å². The molecule has 0 aliphatic heterocycles. The van der Waals surface area contributed by atoms with Gasteiger partial charge in [-0.25, -0.2) is 8.42 Å². The minimum Gasteiger partial charge on any atom is -0.454 e. The summed E-state index contributed by atoms with van der Waals surface area (Å²) >= 11 is 12.5. The molecule has 0 aliphatic rings. The van der Waals surface area contributed by atoms with Gasteiger partial charge >= 0.3 is 0 Å². The minimum atomic E-state index is -3.29. The number of anilines is 2. The number of hydrogen-bond donors (Lipinski definition) is 2. The Bertz CT molecular complexity index is 1060. The molecule has 4 N–H and O–H groups in total. The van der Waals surface area contributed by atoms with Crippen molar-refractivity contribution in [3.05, 3.63) is 46.4 Å². The number of halogens is 2. The normalized spacial score (nSPS) is 11.5. The van der Waals surface area contributed by atoms with Crippen LogP contribution in [-0.4, -0.2) is 29.4 Å². The summed E-state index contributed by atoms with van der Waals surface area (Å²) in [7, 11) is -3.29. The second-order valence-electron chi connectivity index (χ2n) is 5.32. The smallest absolute Gasteiger partial charge is 0.241 e. The van der Waals surface area contributed by atoms with Gasteiger partial charge in [-0.3, -0.25) is 0 Å². The van der Waals surface area contributed by atoms with Crippen LogP contribution in [0.3, 0.4) is 0 Å². The SMILES string of the molecule is CS(=O)(=O)c1ccc(Oc2c(Cl)cc(-n3nc(N)nc3N)cc2Cl)cc1. The molecule has 0 bridgehead atoms. The Morgan fingerprint density at radius 2 is 1.65 bits per heavy atom. The van der Waals surface area contributed by atoms with Gasteiger partial charge in [-0.05, 0) is 36.4 Å². The topological polar surface area (TPSA) is 126 Å².